The van der Waals surface area contributed by atoms with Gasteiger partial charge in [-0.15, -0.1) is 11.3 Å². The number of carbonyl (C=O) groups is 2. The Labute approximate surface area is 222 Å². The minimum Gasteiger partial charge on any atom is -0.507 e. The van der Waals surface area contributed by atoms with Gasteiger partial charge in [0.25, 0.3) is 21.5 Å². The maximum Gasteiger partial charge on any atom is 0.342 e. The number of sulfonamides is 1. The number of hydrogen-bond acceptors (Lipinski definition) is 8. The van der Waals surface area contributed by atoms with Gasteiger partial charge in [-0.3, -0.25) is 19.0 Å². The molecule has 4 aromatic rings. The Morgan fingerprint density at radius 2 is 1.79 bits per heavy atom. The topological polar surface area (TPSA) is 149 Å². The number of anilines is 2. The Morgan fingerprint density at radius 3 is 2.42 bits per heavy atom. The van der Waals surface area contributed by atoms with Crippen LogP contribution in [0, 0.1) is 6.92 Å². The summed E-state index contributed by atoms with van der Waals surface area (Å²) in [5.41, 5.74) is 0.443. The molecule has 0 saturated carbocycles. The van der Waals surface area contributed by atoms with Crippen LogP contribution in [-0.4, -0.2) is 40.9 Å². The lowest BCUT2D eigenvalue weighted by Gasteiger charge is -2.14. The highest BCUT2D eigenvalue weighted by molar-refractivity contribution is 7.94. The van der Waals surface area contributed by atoms with E-state index in [1.807, 2.05) is 6.07 Å². The molecule has 11 nitrogen and oxygen atoms in total. The number of para-hydroxylation sites is 1. The van der Waals surface area contributed by atoms with Crippen LogP contribution in [-0.2, 0) is 26.6 Å². The lowest BCUT2D eigenvalue weighted by molar-refractivity contribution is -0.123. The molecule has 0 fully saturated rings. The van der Waals surface area contributed by atoms with Crippen LogP contribution in [0.3, 0.4) is 0 Å². The lowest BCUT2D eigenvalue weighted by atomic mass is 10.2. The van der Waals surface area contributed by atoms with Gasteiger partial charge < -0.3 is 15.2 Å². The molecule has 0 aliphatic heterocycles. The molecule has 1 amide bonds. The molecule has 4 rings (SSSR count). The van der Waals surface area contributed by atoms with Gasteiger partial charge >= 0.3 is 5.97 Å². The molecular formula is C25H24N4O7S2. The van der Waals surface area contributed by atoms with Crippen molar-refractivity contribution in [2.75, 3.05) is 10.0 Å². The number of nitrogens with one attached hydrogen (secondary N) is 2. The van der Waals surface area contributed by atoms with Crippen molar-refractivity contribution in [3.8, 4) is 11.4 Å². The Morgan fingerprint density at radius 1 is 1.08 bits per heavy atom. The van der Waals surface area contributed by atoms with Gasteiger partial charge in [0.2, 0.25) is 0 Å². The summed E-state index contributed by atoms with van der Waals surface area (Å²) < 4.78 is 35.3. The number of hydrogen-bond donors (Lipinski definition) is 3. The Kier molecular flexibility index (Phi) is 7.41. The van der Waals surface area contributed by atoms with E-state index in [2.05, 4.69) is 10.0 Å². The van der Waals surface area contributed by atoms with Crippen LogP contribution in [0.5, 0.6) is 5.75 Å². The molecule has 1 unspecified atom stereocenters. The van der Waals surface area contributed by atoms with Crippen LogP contribution < -0.4 is 15.6 Å². The molecule has 38 heavy (non-hydrogen) atoms. The van der Waals surface area contributed by atoms with E-state index in [1.54, 1.807) is 54.4 Å². The zero-order valence-electron chi connectivity index (χ0n) is 20.5. The van der Waals surface area contributed by atoms with Gasteiger partial charge in [0.15, 0.2) is 6.10 Å². The number of thiophene rings is 1. The minimum absolute atomic E-state index is 0.0347. The van der Waals surface area contributed by atoms with Gasteiger partial charge in [-0.25, -0.2) is 17.9 Å². The molecule has 0 saturated heterocycles. The third-order valence-corrected chi connectivity index (χ3v) is 8.46. The van der Waals surface area contributed by atoms with Crippen LogP contribution in [0.1, 0.15) is 23.0 Å². The number of carbonyl (C=O) groups excluding carboxylic acids is 2. The molecule has 2 aromatic carbocycles. The smallest absolute Gasteiger partial charge is 0.342 e. The summed E-state index contributed by atoms with van der Waals surface area (Å²) in [6.45, 7) is 2.99. The summed E-state index contributed by atoms with van der Waals surface area (Å²) in [5.74, 6) is -2.30. The van der Waals surface area contributed by atoms with Gasteiger partial charge in [-0.2, -0.15) is 0 Å². The monoisotopic (exact) mass is 556 g/mol. The average Bonchev–Trinajstić information content (AvgIpc) is 3.49. The predicted octanol–water partition coefficient (Wildman–Crippen LogP) is 3.24. The number of rotatable bonds is 8. The zero-order valence-corrected chi connectivity index (χ0v) is 22.2. The number of aromatic nitrogens is 2. The van der Waals surface area contributed by atoms with Crippen LogP contribution >= 0.6 is 11.3 Å². The third kappa shape index (κ3) is 5.33. The van der Waals surface area contributed by atoms with Crippen molar-refractivity contribution >= 4 is 44.6 Å². The fraction of sp³-hybridized carbons (Fsp3) is 0.160. The van der Waals surface area contributed by atoms with Crippen molar-refractivity contribution in [2.24, 2.45) is 7.05 Å². The Balaban J connectivity index is 1.45. The van der Waals surface area contributed by atoms with Gasteiger partial charge in [0.05, 0.1) is 17.1 Å². The largest absolute Gasteiger partial charge is 0.507 e. The van der Waals surface area contributed by atoms with E-state index in [-0.39, 0.29) is 21.1 Å². The highest BCUT2D eigenvalue weighted by atomic mass is 32.2. The summed E-state index contributed by atoms with van der Waals surface area (Å²) in [6.07, 6.45) is -1.32. The Hall–Kier alpha value is -4.36. The standard InChI is InChI=1S/C25H24N4O7S2/c1-15-22(24(32)29(28(15)3)18-8-5-4-6-9-18)26-23(31)16(2)36-25(33)19-12-11-17(14-20(19)30)27-38(34,35)21-10-7-13-37-21/h4-14,16,27,30H,1-3H3,(H,26,31). The van der Waals surface area contributed by atoms with E-state index in [1.165, 1.54) is 29.8 Å². The quantitative estimate of drug-likeness (QED) is 0.282. The van der Waals surface area contributed by atoms with E-state index < -0.39 is 39.3 Å². The summed E-state index contributed by atoms with van der Waals surface area (Å²) in [6, 6.07) is 15.4. The van der Waals surface area contributed by atoms with Crippen LogP contribution in [0.4, 0.5) is 11.4 Å². The highest BCUT2D eigenvalue weighted by Crippen LogP contribution is 2.26. The van der Waals surface area contributed by atoms with Crippen molar-refractivity contribution in [1.82, 2.24) is 9.36 Å². The third-order valence-electron chi connectivity index (χ3n) is 5.69. The van der Waals surface area contributed by atoms with Crippen molar-refractivity contribution in [3.63, 3.8) is 0 Å². The number of phenols is 1. The maximum atomic E-state index is 13.0. The number of esters is 1. The highest BCUT2D eigenvalue weighted by Gasteiger charge is 2.25. The fourth-order valence-electron chi connectivity index (χ4n) is 3.60. The molecule has 0 aliphatic carbocycles. The molecule has 13 heteroatoms. The number of phenolic OH excluding ortho intramolecular Hbond substituents is 1. The van der Waals surface area contributed by atoms with Crippen molar-refractivity contribution < 1.29 is 27.9 Å². The van der Waals surface area contributed by atoms with Crippen molar-refractivity contribution in [3.05, 3.63) is 87.7 Å². The predicted molar refractivity (Wildman–Crippen MR) is 142 cm³/mol. The number of ether oxygens (including phenoxy) is 1. The number of benzene rings is 2. The van der Waals surface area contributed by atoms with Crippen LogP contribution in [0.2, 0.25) is 0 Å². The zero-order chi connectivity index (χ0) is 27.6. The first-order valence-electron chi connectivity index (χ1n) is 11.2. The molecule has 1 atom stereocenters. The first-order chi connectivity index (χ1) is 18.0. The molecular weight excluding hydrogens is 532 g/mol. The molecule has 0 aliphatic rings. The van der Waals surface area contributed by atoms with E-state index in [9.17, 15) is 27.9 Å². The average molecular weight is 557 g/mol. The van der Waals surface area contributed by atoms with Gasteiger partial charge in [-0.05, 0) is 49.6 Å². The van der Waals surface area contributed by atoms with E-state index >= 15 is 0 Å². The summed E-state index contributed by atoms with van der Waals surface area (Å²) in [5, 5.41) is 14.4. The molecule has 2 aromatic heterocycles. The van der Waals surface area contributed by atoms with Gasteiger partial charge in [0.1, 0.15) is 21.2 Å². The second kappa shape index (κ2) is 10.6. The molecule has 0 spiro atoms. The van der Waals surface area contributed by atoms with Crippen molar-refractivity contribution in [1.29, 1.82) is 0 Å². The Bertz CT molecular complexity index is 1660. The summed E-state index contributed by atoms with van der Waals surface area (Å²) in [7, 11) is -2.17. The molecule has 198 valence electrons. The molecule has 0 radical (unpaired) electrons. The van der Waals surface area contributed by atoms with Gasteiger partial charge in [-0.1, -0.05) is 24.3 Å². The number of nitrogens with zero attached hydrogens (tertiary/aromatic N) is 2. The minimum atomic E-state index is -3.85. The molecule has 3 N–H and O–H groups in total. The first kappa shape index (κ1) is 26.7. The van der Waals surface area contributed by atoms with E-state index in [4.69, 9.17) is 4.74 Å². The fourth-order valence-corrected chi connectivity index (χ4v) is 5.65. The summed E-state index contributed by atoms with van der Waals surface area (Å²) in [4.78, 5) is 38.4. The van der Waals surface area contributed by atoms with Gasteiger partial charge in [0, 0.05) is 13.1 Å². The maximum absolute atomic E-state index is 13.0. The van der Waals surface area contributed by atoms with Crippen molar-refractivity contribution in [2.45, 2.75) is 24.2 Å². The number of amides is 1. The van der Waals surface area contributed by atoms with Crippen LogP contribution in [0.25, 0.3) is 5.69 Å². The van der Waals surface area contributed by atoms with E-state index in [0.29, 0.717) is 11.4 Å². The SMILES string of the molecule is Cc1c(NC(=O)C(C)OC(=O)c2ccc(NS(=O)(=O)c3cccs3)cc2O)c(=O)n(-c2ccccc2)n1C. The summed E-state index contributed by atoms with van der Waals surface area (Å²) >= 11 is 1.03. The second-order valence-corrected chi connectivity index (χ2v) is 11.1. The lowest BCUT2D eigenvalue weighted by Crippen LogP contribution is -2.32. The molecule has 0 bridgehead atoms. The first-order valence-corrected chi connectivity index (χ1v) is 13.6. The normalized spacial score (nSPS) is 12.1. The second-order valence-electron chi connectivity index (χ2n) is 8.24. The van der Waals surface area contributed by atoms with Crippen LogP contribution in [0.15, 0.2) is 75.0 Å². The number of aromatic hydroxyl groups is 1. The molecule has 2 heterocycles. The van der Waals surface area contributed by atoms with E-state index in [0.717, 1.165) is 17.4 Å².